The maximum absolute atomic E-state index is 12.4. The van der Waals surface area contributed by atoms with Crippen LogP contribution in [0.2, 0.25) is 5.02 Å². The SMILES string of the molecule is CC(C)(C)OC(=O)N1CCOCC1c1cc(Cl)ccc1C=O. The van der Waals surface area contributed by atoms with Gasteiger partial charge in [0.05, 0.1) is 19.3 Å². The van der Waals surface area contributed by atoms with Crippen LogP contribution in [0.25, 0.3) is 0 Å². The minimum atomic E-state index is -0.582. The number of ether oxygens (including phenoxy) is 2. The molecule has 1 unspecified atom stereocenters. The lowest BCUT2D eigenvalue weighted by Crippen LogP contribution is -2.46. The number of halogens is 1. The van der Waals surface area contributed by atoms with Gasteiger partial charge >= 0.3 is 6.09 Å². The summed E-state index contributed by atoms with van der Waals surface area (Å²) in [5.41, 5.74) is 0.586. The fourth-order valence-electron chi connectivity index (χ4n) is 2.34. The Morgan fingerprint density at radius 3 is 2.82 bits per heavy atom. The maximum atomic E-state index is 12.4. The molecule has 5 nitrogen and oxygen atoms in total. The maximum Gasteiger partial charge on any atom is 0.410 e. The topological polar surface area (TPSA) is 55.8 Å². The first-order valence-corrected chi connectivity index (χ1v) is 7.51. The Morgan fingerprint density at radius 1 is 1.45 bits per heavy atom. The summed E-state index contributed by atoms with van der Waals surface area (Å²) in [4.78, 5) is 25.3. The first kappa shape index (κ1) is 16.8. The van der Waals surface area contributed by atoms with Crippen LogP contribution in [0.3, 0.4) is 0 Å². The van der Waals surface area contributed by atoms with Gasteiger partial charge in [-0.05, 0) is 44.5 Å². The predicted molar refractivity (Wildman–Crippen MR) is 83.3 cm³/mol. The molecule has 0 saturated carbocycles. The van der Waals surface area contributed by atoms with Crippen LogP contribution in [0.15, 0.2) is 18.2 Å². The number of nitrogens with zero attached hydrogens (tertiary/aromatic N) is 1. The Labute approximate surface area is 135 Å². The van der Waals surface area contributed by atoms with Crippen LogP contribution in [-0.2, 0) is 9.47 Å². The molecule has 0 N–H and O–H groups in total. The summed E-state index contributed by atoms with van der Waals surface area (Å²) in [5.74, 6) is 0. The smallest absolute Gasteiger partial charge is 0.410 e. The van der Waals surface area contributed by atoms with Gasteiger partial charge in [-0.25, -0.2) is 4.79 Å². The summed E-state index contributed by atoms with van der Waals surface area (Å²) < 4.78 is 10.9. The van der Waals surface area contributed by atoms with Crippen molar-refractivity contribution < 1.29 is 19.1 Å². The third-order valence-corrected chi connectivity index (χ3v) is 3.53. The molecule has 0 spiro atoms. The summed E-state index contributed by atoms with van der Waals surface area (Å²) in [5, 5.41) is 0.510. The van der Waals surface area contributed by atoms with E-state index in [0.29, 0.717) is 35.9 Å². The van der Waals surface area contributed by atoms with E-state index in [-0.39, 0.29) is 6.04 Å². The molecule has 1 amide bonds. The molecule has 1 aromatic carbocycles. The van der Waals surface area contributed by atoms with Gasteiger partial charge in [0, 0.05) is 17.1 Å². The highest BCUT2D eigenvalue weighted by atomic mass is 35.5. The molecular formula is C16H20ClNO4. The number of amides is 1. The van der Waals surface area contributed by atoms with Crippen molar-refractivity contribution in [3.8, 4) is 0 Å². The minimum absolute atomic E-state index is 0.306. The lowest BCUT2D eigenvalue weighted by Gasteiger charge is -2.37. The Bertz CT molecular complexity index is 568. The highest BCUT2D eigenvalue weighted by Gasteiger charge is 2.33. The zero-order valence-electron chi connectivity index (χ0n) is 13.0. The van der Waals surface area contributed by atoms with Crippen LogP contribution in [0.5, 0.6) is 0 Å². The monoisotopic (exact) mass is 325 g/mol. The second-order valence-electron chi connectivity index (χ2n) is 6.16. The molecule has 1 fully saturated rings. The number of carbonyl (C=O) groups is 2. The molecular weight excluding hydrogens is 306 g/mol. The normalized spacial score (nSPS) is 18.9. The number of carbonyl (C=O) groups excluding carboxylic acids is 2. The van der Waals surface area contributed by atoms with E-state index in [1.54, 1.807) is 23.1 Å². The lowest BCUT2D eigenvalue weighted by molar-refractivity contribution is -0.0332. The number of hydrogen-bond donors (Lipinski definition) is 0. The van der Waals surface area contributed by atoms with Crippen LogP contribution in [0.4, 0.5) is 4.79 Å². The van der Waals surface area contributed by atoms with Crippen molar-refractivity contribution in [3.63, 3.8) is 0 Å². The van der Waals surface area contributed by atoms with Gasteiger partial charge < -0.3 is 9.47 Å². The summed E-state index contributed by atoms with van der Waals surface area (Å²) in [6, 6.07) is 4.60. The Morgan fingerprint density at radius 2 is 2.18 bits per heavy atom. The molecule has 1 atom stereocenters. The third kappa shape index (κ3) is 3.99. The highest BCUT2D eigenvalue weighted by Crippen LogP contribution is 2.30. The second kappa shape index (κ2) is 6.67. The predicted octanol–water partition coefficient (Wildman–Crippen LogP) is 3.46. The molecule has 22 heavy (non-hydrogen) atoms. The third-order valence-electron chi connectivity index (χ3n) is 3.29. The largest absolute Gasteiger partial charge is 0.444 e. The van der Waals surface area contributed by atoms with E-state index in [1.165, 1.54) is 0 Å². The average molecular weight is 326 g/mol. The van der Waals surface area contributed by atoms with Crippen LogP contribution in [-0.4, -0.2) is 42.6 Å². The Kier molecular flexibility index (Phi) is 5.08. The summed E-state index contributed by atoms with van der Waals surface area (Å²) >= 11 is 6.04. The standard InChI is InChI=1S/C16H20ClNO4/c1-16(2,3)22-15(20)18-6-7-21-10-14(18)13-8-12(17)5-4-11(13)9-19/h4-5,8-9,14H,6-7,10H2,1-3H3. The molecule has 6 heteroatoms. The highest BCUT2D eigenvalue weighted by molar-refractivity contribution is 6.30. The van der Waals surface area contributed by atoms with E-state index >= 15 is 0 Å². The van der Waals surface area contributed by atoms with Crippen molar-refractivity contribution in [2.75, 3.05) is 19.8 Å². The van der Waals surface area contributed by atoms with E-state index < -0.39 is 11.7 Å². The van der Waals surface area contributed by atoms with E-state index in [0.717, 1.165) is 6.29 Å². The molecule has 0 aromatic heterocycles. The summed E-state index contributed by atoms with van der Waals surface area (Å²) in [7, 11) is 0. The van der Waals surface area contributed by atoms with E-state index in [9.17, 15) is 9.59 Å². The van der Waals surface area contributed by atoms with Crippen molar-refractivity contribution in [2.45, 2.75) is 32.4 Å². The number of rotatable bonds is 2. The van der Waals surface area contributed by atoms with E-state index in [1.807, 2.05) is 20.8 Å². The fourth-order valence-corrected chi connectivity index (χ4v) is 2.52. The van der Waals surface area contributed by atoms with Gasteiger partial charge in [0.15, 0.2) is 0 Å². The van der Waals surface area contributed by atoms with Gasteiger partial charge in [-0.2, -0.15) is 0 Å². The molecule has 1 aliphatic rings. The average Bonchev–Trinajstić information content (AvgIpc) is 2.45. The van der Waals surface area contributed by atoms with Crippen molar-refractivity contribution >= 4 is 24.0 Å². The van der Waals surface area contributed by atoms with Crippen molar-refractivity contribution in [1.82, 2.24) is 4.90 Å². The zero-order chi connectivity index (χ0) is 16.3. The molecule has 1 heterocycles. The molecule has 120 valence electrons. The van der Waals surface area contributed by atoms with Gasteiger partial charge in [0.2, 0.25) is 0 Å². The Balaban J connectivity index is 2.32. The molecule has 1 saturated heterocycles. The van der Waals surface area contributed by atoms with Crippen LogP contribution in [0.1, 0.15) is 42.7 Å². The number of benzene rings is 1. The van der Waals surface area contributed by atoms with Crippen molar-refractivity contribution in [3.05, 3.63) is 34.3 Å². The zero-order valence-corrected chi connectivity index (χ0v) is 13.7. The second-order valence-corrected chi connectivity index (χ2v) is 6.59. The van der Waals surface area contributed by atoms with Gasteiger partial charge in [-0.1, -0.05) is 11.6 Å². The first-order valence-electron chi connectivity index (χ1n) is 7.14. The molecule has 0 aliphatic carbocycles. The molecule has 0 bridgehead atoms. The Hall–Kier alpha value is -1.59. The summed E-state index contributed by atoms with van der Waals surface area (Å²) in [6.07, 6.45) is 0.339. The first-order chi connectivity index (χ1) is 10.3. The summed E-state index contributed by atoms with van der Waals surface area (Å²) in [6.45, 7) is 6.60. The molecule has 1 aliphatic heterocycles. The quantitative estimate of drug-likeness (QED) is 0.781. The minimum Gasteiger partial charge on any atom is -0.444 e. The lowest BCUT2D eigenvalue weighted by atomic mass is 9.99. The van der Waals surface area contributed by atoms with Gasteiger partial charge in [-0.15, -0.1) is 0 Å². The van der Waals surface area contributed by atoms with Crippen LogP contribution >= 0.6 is 11.6 Å². The number of hydrogen-bond acceptors (Lipinski definition) is 4. The van der Waals surface area contributed by atoms with Gasteiger partial charge in [-0.3, -0.25) is 9.69 Å². The van der Waals surface area contributed by atoms with Crippen LogP contribution in [0, 0.1) is 0 Å². The molecule has 0 radical (unpaired) electrons. The van der Waals surface area contributed by atoms with Gasteiger partial charge in [0.1, 0.15) is 11.9 Å². The molecule has 2 rings (SSSR count). The van der Waals surface area contributed by atoms with Crippen molar-refractivity contribution in [2.24, 2.45) is 0 Å². The van der Waals surface area contributed by atoms with Gasteiger partial charge in [0.25, 0.3) is 0 Å². The fraction of sp³-hybridized carbons (Fsp3) is 0.500. The number of morpholine rings is 1. The van der Waals surface area contributed by atoms with E-state index in [4.69, 9.17) is 21.1 Å². The molecule has 1 aromatic rings. The van der Waals surface area contributed by atoms with Crippen LogP contribution < -0.4 is 0 Å². The number of aldehydes is 1. The van der Waals surface area contributed by atoms with Crippen molar-refractivity contribution in [1.29, 1.82) is 0 Å². The van der Waals surface area contributed by atoms with E-state index in [2.05, 4.69) is 0 Å².